The summed E-state index contributed by atoms with van der Waals surface area (Å²) in [6.07, 6.45) is 4.81. The molecular formula is C13H22N2O. The van der Waals surface area contributed by atoms with E-state index in [1.807, 2.05) is 6.07 Å². The molecule has 0 aromatic carbocycles. The van der Waals surface area contributed by atoms with E-state index in [9.17, 15) is 0 Å². The fourth-order valence-electron chi connectivity index (χ4n) is 1.62. The van der Waals surface area contributed by atoms with E-state index >= 15 is 0 Å². The molecule has 3 heteroatoms. The molecule has 1 heterocycles. The van der Waals surface area contributed by atoms with Gasteiger partial charge >= 0.3 is 0 Å². The topological polar surface area (TPSA) is 45.1 Å². The van der Waals surface area contributed by atoms with Gasteiger partial charge < -0.3 is 10.4 Å². The van der Waals surface area contributed by atoms with Crippen molar-refractivity contribution < 1.29 is 5.11 Å². The van der Waals surface area contributed by atoms with Crippen LogP contribution >= 0.6 is 0 Å². The number of aliphatic hydroxyl groups excluding tert-OH is 1. The Balaban J connectivity index is 2.37. The van der Waals surface area contributed by atoms with Crippen LogP contribution in [0.1, 0.15) is 37.6 Å². The monoisotopic (exact) mass is 222 g/mol. The molecule has 0 amide bonds. The second kappa shape index (κ2) is 8.25. The Morgan fingerprint density at radius 2 is 2.06 bits per heavy atom. The molecule has 2 N–H and O–H groups in total. The fourth-order valence-corrected chi connectivity index (χ4v) is 1.62. The SMILES string of the molecule is CCCCCc1cccc(CNCCO)n1. The highest BCUT2D eigenvalue weighted by Gasteiger charge is 1.97. The summed E-state index contributed by atoms with van der Waals surface area (Å²) in [6, 6.07) is 6.17. The van der Waals surface area contributed by atoms with Crippen LogP contribution in [0.15, 0.2) is 18.2 Å². The highest BCUT2D eigenvalue weighted by molar-refractivity contribution is 5.11. The van der Waals surface area contributed by atoms with Crippen molar-refractivity contribution in [1.29, 1.82) is 0 Å². The Labute approximate surface area is 97.9 Å². The summed E-state index contributed by atoms with van der Waals surface area (Å²) in [7, 11) is 0. The van der Waals surface area contributed by atoms with Crippen molar-refractivity contribution in [3.05, 3.63) is 29.6 Å². The summed E-state index contributed by atoms with van der Waals surface area (Å²) in [5.74, 6) is 0. The predicted octanol–water partition coefficient (Wildman–Crippen LogP) is 1.90. The molecule has 0 atom stereocenters. The Hall–Kier alpha value is -0.930. The average molecular weight is 222 g/mol. The quantitative estimate of drug-likeness (QED) is 0.660. The third-order valence-corrected chi connectivity index (χ3v) is 2.50. The van der Waals surface area contributed by atoms with Gasteiger partial charge in [-0.15, -0.1) is 0 Å². The highest BCUT2D eigenvalue weighted by Crippen LogP contribution is 2.05. The maximum absolute atomic E-state index is 8.66. The zero-order valence-corrected chi connectivity index (χ0v) is 10.1. The van der Waals surface area contributed by atoms with Gasteiger partial charge in [-0.2, -0.15) is 0 Å². The molecule has 0 fully saturated rings. The molecule has 0 spiro atoms. The summed E-state index contributed by atoms with van der Waals surface area (Å²) < 4.78 is 0. The first-order valence-corrected chi connectivity index (χ1v) is 6.13. The zero-order valence-electron chi connectivity index (χ0n) is 10.1. The normalized spacial score (nSPS) is 10.6. The van der Waals surface area contributed by atoms with Crippen molar-refractivity contribution in [3.8, 4) is 0 Å². The second-order valence-electron chi connectivity index (χ2n) is 3.98. The lowest BCUT2D eigenvalue weighted by Gasteiger charge is -2.05. The van der Waals surface area contributed by atoms with E-state index in [1.54, 1.807) is 0 Å². The van der Waals surface area contributed by atoms with Crippen LogP contribution in [-0.2, 0) is 13.0 Å². The summed E-state index contributed by atoms with van der Waals surface area (Å²) in [5.41, 5.74) is 2.24. The van der Waals surface area contributed by atoms with Gasteiger partial charge in [-0.25, -0.2) is 0 Å². The lowest BCUT2D eigenvalue weighted by molar-refractivity contribution is 0.291. The third-order valence-electron chi connectivity index (χ3n) is 2.50. The maximum Gasteiger partial charge on any atom is 0.0556 e. The number of aliphatic hydroxyl groups is 1. The molecule has 3 nitrogen and oxygen atoms in total. The molecule has 0 unspecified atom stereocenters. The van der Waals surface area contributed by atoms with Crippen molar-refractivity contribution in [1.82, 2.24) is 10.3 Å². The van der Waals surface area contributed by atoms with Crippen molar-refractivity contribution in [2.75, 3.05) is 13.2 Å². The van der Waals surface area contributed by atoms with Gasteiger partial charge in [0.1, 0.15) is 0 Å². The Kier molecular flexibility index (Phi) is 6.77. The first-order chi connectivity index (χ1) is 7.86. The lowest BCUT2D eigenvalue weighted by Crippen LogP contribution is -2.18. The number of aromatic nitrogens is 1. The average Bonchev–Trinajstić information content (AvgIpc) is 2.30. The van der Waals surface area contributed by atoms with E-state index in [2.05, 4.69) is 29.4 Å². The molecule has 1 aromatic rings. The predicted molar refractivity (Wildman–Crippen MR) is 66.3 cm³/mol. The molecule has 0 aliphatic heterocycles. The molecule has 0 aliphatic carbocycles. The van der Waals surface area contributed by atoms with Crippen LogP contribution < -0.4 is 5.32 Å². The van der Waals surface area contributed by atoms with Gasteiger partial charge in [0.15, 0.2) is 0 Å². The number of nitrogens with zero attached hydrogens (tertiary/aromatic N) is 1. The summed E-state index contributed by atoms with van der Waals surface area (Å²) >= 11 is 0. The van der Waals surface area contributed by atoms with Crippen LogP contribution in [0.25, 0.3) is 0 Å². The first kappa shape index (κ1) is 13.1. The number of hydrogen-bond donors (Lipinski definition) is 2. The standard InChI is InChI=1S/C13H22N2O/c1-2-3-4-6-12-7-5-8-13(15-12)11-14-9-10-16/h5,7-8,14,16H,2-4,6,9-11H2,1H3. The molecule has 0 radical (unpaired) electrons. The highest BCUT2D eigenvalue weighted by atomic mass is 16.3. The second-order valence-corrected chi connectivity index (χ2v) is 3.98. The van der Waals surface area contributed by atoms with Crippen LogP contribution in [0, 0.1) is 0 Å². The third kappa shape index (κ3) is 5.24. The molecule has 0 saturated carbocycles. The summed E-state index contributed by atoms with van der Waals surface area (Å²) in [4.78, 5) is 4.57. The molecule has 1 rings (SSSR count). The Morgan fingerprint density at radius 1 is 1.25 bits per heavy atom. The number of hydrogen-bond acceptors (Lipinski definition) is 3. The van der Waals surface area contributed by atoms with E-state index in [4.69, 9.17) is 5.11 Å². The Bertz CT molecular complexity index is 264. The van der Waals surface area contributed by atoms with Gasteiger partial charge in [-0.1, -0.05) is 25.8 Å². The minimum absolute atomic E-state index is 0.177. The zero-order chi connectivity index (χ0) is 11.6. The molecule has 0 bridgehead atoms. The van der Waals surface area contributed by atoms with Gasteiger partial charge in [0, 0.05) is 18.8 Å². The minimum Gasteiger partial charge on any atom is -0.395 e. The van der Waals surface area contributed by atoms with Crippen molar-refractivity contribution in [2.45, 2.75) is 39.2 Å². The number of aryl methyl sites for hydroxylation is 1. The summed E-state index contributed by atoms with van der Waals surface area (Å²) in [5, 5.41) is 11.8. The molecule has 1 aromatic heterocycles. The molecule has 90 valence electrons. The number of pyridine rings is 1. The van der Waals surface area contributed by atoms with E-state index < -0.39 is 0 Å². The van der Waals surface area contributed by atoms with Crippen LogP contribution in [0.2, 0.25) is 0 Å². The van der Waals surface area contributed by atoms with Crippen molar-refractivity contribution in [2.24, 2.45) is 0 Å². The number of rotatable bonds is 8. The van der Waals surface area contributed by atoms with Gasteiger partial charge in [-0.05, 0) is 25.0 Å². The fraction of sp³-hybridized carbons (Fsp3) is 0.615. The van der Waals surface area contributed by atoms with E-state index in [0.717, 1.165) is 18.7 Å². The largest absolute Gasteiger partial charge is 0.395 e. The molecular weight excluding hydrogens is 200 g/mol. The Morgan fingerprint density at radius 3 is 2.81 bits per heavy atom. The van der Waals surface area contributed by atoms with Crippen LogP contribution in [0.3, 0.4) is 0 Å². The minimum atomic E-state index is 0.177. The van der Waals surface area contributed by atoms with E-state index in [-0.39, 0.29) is 6.61 Å². The van der Waals surface area contributed by atoms with E-state index in [0.29, 0.717) is 6.54 Å². The van der Waals surface area contributed by atoms with Crippen molar-refractivity contribution in [3.63, 3.8) is 0 Å². The smallest absolute Gasteiger partial charge is 0.0556 e. The maximum atomic E-state index is 8.66. The van der Waals surface area contributed by atoms with E-state index in [1.165, 1.54) is 25.0 Å². The van der Waals surface area contributed by atoms with Gasteiger partial charge in [0.05, 0.1) is 12.3 Å². The number of unbranched alkanes of at least 4 members (excludes halogenated alkanes) is 2. The van der Waals surface area contributed by atoms with Crippen LogP contribution in [0.4, 0.5) is 0 Å². The van der Waals surface area contributed by atoms with Gasteiger partial charge in [0.25, 0.3) is 0 Å². The van der Waals surface area contributed by atoms with Crippen LogP contribution in [0.5, 0.6) is 0 Å². The van der Waals surface area contributed by atoms with Crippen LogP contribution in [-0.4, -0.2) is 23.2 Å². The van der Waals surface area contributed by atoms with Gasteiger partial charge in [-0.3, -0.25) is 4.98 Å². The molecule has 0 aliphatic rings. The number of nitrogens with one attached hydrogen (secondary N) is 1. The summed E-state index contributed by atoms with van der Waals surface area (Å²) in [6.45, 7) is 3.75. The molecule has 0 saturated heterocycles. The molecule has 16 heavy (non-hydrogen) atoms. The van der Waals surface area contributed by atoms with Crippen molar-refractivity contribution >= 4 is 0 Å². The first-order valence-electron chi connectivity index (χ1n) is 6.13. The lowest BCUT2D eigenvalue weighted by atomic mass is 10.1. The van der Waals surface area contributed by atoms with Gasteiger partial charge in [0.2, 0.25) is 0 Å².